The molecule has 1 N–H and O–H groups in total. The molecule has 2 aliphatic carbocycles. The van der Waals surface area contributed by atoms with Crippen LogP contribution >= 0.6 is 0 Å². The Morgan fingerprint density at radius 2 is 2.44 bits per heavy atom. The maximum Gasteiger partial charge on any atom is 0.203 e. The number of hydrogen-bond donors (Lipinski definition) is 1. The Balaban J connectivity index is 1.73. The van der Waals surface area contributed by atoms with Gasteiger partial charge in [-0.2, -0.15) is 0 Å². The van der Waals surface area contributed by atoms with Gasteiger partial charge in [-0.05, 0) is 43.9 Å². The molecule has 1 aromatic rings. The van der Waals surface area contributed by atoms with Crippen LogP contribution in [0.5, 0.6) is 0 Å². The summed E-state index contributed by atoms with van der Waals surface area (Å²) in [5, 5.41) is 3.33. The molecule has 4 atom stereocenters. The SMILES string of the molecule is C=CCNc1nccn1C(C)C1CC2CCC1C2. The first kappa shape index (κ1) is 11.8. The second kappa shape index (κ2) is 4.79. The number of anilines is 1. The van der Waals surface area contributed by atoms with Crippen molar-refractivity contribution in [1.29, 1.82) is 0 Å². The molecule has 3 heteroatoms. The van der Waals surface area contributed by atoms with E-state index in [2.05, 4.69) is 34.6 Å². The number of aromatic nitrogens is 2. The van der Waals surface area contributed by atoms with Crippen LogP contribution in [0, 0.1) is 17.8 Å². The van der Waals surface area contributed by atoms with Crippen molar-refractivity contribution < 1.29 is 0 Å². The Bertz CT molecular complexity index is 423. The molecule has 4 unspecified atom stereocenters. The molecule has 0 aromatic carbocycles. The molecule has 3 nitrogen and oxygen atoms in total. The van der Waals surface area contributed by atoms with Crippen molar-refractivity contribution in [2.75, 3.05) is 11.9 Å². The standard InChI is InChI=1S/C15H23N3/c1-3-6-16-15-17-7-8-18(15)11(2)14-10-12-4-5-13(14)9-12/h3,7-8,11-14H,1,4-6,9-10H2,2H3,(H,16,17). The fourth-order valence-corrected chi connectivity index (χ4v) is 4.03. The van der Waals surface area contributed by atoms with Crippen molar-refractivity contribution in [3.8, 4) is 0 Å². The lowest BCUT2D eigenvalue weighted by molar-refractivity contribution is 0.244. The minimum Gasteiger partial charge on any atom is -0.352 e. The van der Waals surface area contributed by atoms with Crippen LogP contribution in [0.2, 0.25) is 0 Å². The lowest BCUT2D eigenvalue weighted by Crippen LogP contribution is -2.23. The molecular weight excluding hydrogens is 222 g/mol. The topological polar surface area (TPSA) is 29.9 Å². The highest BCUT2D eigenvalue weighted by Gasteiger charge is 2.42. The highest BCUT2D eigenvalue weighted by molar-refractivity contribution is 5.27. The molecule has 0 aliphatic heterocycles. The van der Waals surface area contributed by atoms with Gasteiger partial charge in [-0.15, -0.1) is 6.58 Å². The first-order chi connectivity index (χ1) is 8.79. The van der Waals surface area contributed by atoms with E-state index in [1.54, 1.807) is 0 Å². The molecular formula is C15H23N3. The molecule has 0 radical (unpaired) electrons. The summed E-state index contributed by atoms with van der Waals surface area (Å²) in [7, 11) is 0. The quantitative estimate of drug-likeness (QED) is 0.805. The molecule has 18 heavy (non-hydrogen) atoms. The number of rotatable bonds is 5. The van der Waals surface area contributed by atoms with Crippen molar-refractivity contribution in [1.82, 2.24) is 9.55 Å². The Labute approximate surface area is 109 Å². The van der Waals surface area contributed by atoms with Crippen LogP contribution in [-0.2, 0) is 0 Å². The molecule has 1 heterocycles. The fourth-order valence-electron chi connectivity index (χ4n) is 4.03. The van der Waals surface area contributed by atoms with Gasteiger partial charge in [0.15, 0.2) is 0 Å². The smallest absolute Gasteiger partial charge is 0.203 e. The number of fused-ring (bicyclic) bond motifs is 2. The predicted octanol–water partition coefficient (Wildman–Crippen LogP) is 3.48. The van der Waals surface area contributed by atoms with Crippen molar-refractivity contribution in [3.05, 3.63) is 25.0 Å². The van der Waals surface area contributed by atoms with Gasteiger partial charge in [0.2, 0.25) is 5.95 Å². The monoisotopic (exact) mass is 245 g/mol. The Morgan fingerprint density at radius 1 is 1.56 bits per heavy atom. The summed E-state index contributed by atoms with van der Waals surface area (Å²) in [6.07, 6.45) is 11.7. The van der Waals surface area contributed by atoms with E-state index in [1.165, 1.54) is 25.7 Å². The van der Waals surface area contributed by atoms with Crippen molar-refractivity contribution in [2.45, 2.75) is 38.6 Å². The predicted molar refractivity (Wildman–Crippen MR) is 74.6 cm³/mol. The van der Waals surface area contributed by atoms with Gasteiger partial charge in [-0.25, -0.2) is 4.98 Å². The first-order valence-corrected chi connectivity index (χ1v) is 7.17. The summed E-state index contributed by atoms with van der Waals surface area (Å²) in [4.78, 5) is 4.41. The van der Waals surface area contributed by atoms with E-state index in [-0.39, 0.29) is 0 Å². The Morgan fingerprint density at radius 3 is 3.11 bits per heavy atom. The lowest BCUT2D eigenvalue weighted by Gasteiger charge is -2.29. The van der Waals surface area contributed by atoms with Crippen LogP contribution in [-0.4, -0.2) is 16.1 Å². The molecule has 2 aliphatic rings. The second-order valence-corrected chi connectivity index (χ2v) is 5.91. The zero-order valence-corrected chi connectivity index (χ0v) is 11.2. The van der Waals surface area contributed by atoms with Crippen LogP contribution in [0.25, 0.3) is 0 Å². The fraction of sp³-hybridized carbons (Fsp3) is 0.667. The third-order valence-electron chi connectivity index (χ3n) is 4.92. The van der Waals surface area contributed by atoms with Gasteiger partial charge in [0.25, 0.3) is 0 Å². The van der Waals surface area contributed by atoms with Gasteiger partial charge in [0.05, 0.1) is 0 Å². The zero-order chi connectivity index (χ0) is 12.5. The third-order valence-corrected chi connectivity index (χ3v) is 4.92. The average molecular weight is 245 g/mol. The van der Waals surface area contributed by atoms with E-state index in [0.717, 1.165) is 30.2 Å². The van der Waals surface area contributed by atoms with E-state index >= 15 is 0 Å². The molecule has 0 spiro atoms. The van der Waals surface area contributed by atoms with Gasteiger partial charge in [0, 0.05) is 25.0 Å². The minimum absolute atomic E-state index is 0.565. The van der Waals surface area contributed by atoms with Gasteiger partial charge in [0.1, 0.15) is 0 Å². The van der Waals surface area contributed by atoms with Crippen LogP contribution in [0.15, 0.2) is 25.0 Å². The summed E-state index contributed by atoms with van der Waals surface area (Å²) in [5.41, 5.74) is 0. The molecule has 0 saturated heterocycles. The molecule has 98 valence electrons. The number of nitrogens with zero attached hydrogens (tertiary/aromatic N) is 2. The Kier molecular flexibility index (Phi) is 3.14. The summed E-state index contributed by atoms with van der Waals surface area (Å²) >= 11 is 0. The van der Waals surface area contributed by atoms with E-state index in [9.17, 15) is 0 Å². The molecule has 0 amide bonds. The van der Waals surface area contributed by atoms with E-state index < -0.39 is 0 Å². The van der Waals surface area contributed by atoms with Crippen LogP contribution in [0.3, 0.4) is 0 Å². The zero-order valence-electron chi connectivity index (χ0n) is 11.2. The summed E-state index contributed by atoms with van der Waals surface area (Å²) in [6.45, 7) is 6.88. The van der Waals surface area contributed by atoms with Gasteiger partial charge in [-0.1, -0.05) is 12.5 Å². The summed E-state index contributed by atoms with van der Waals surface area (Å²) in [6, 6.07) is 0.565. The highest BCUT2D eigenvalue weighted by atomic mass is 15.2. The minimum atomic E-state index is 0.565. The number of hydrogen-bond acceptors (Lipinski definition) is 2. The average Bonchev–Trinajstić information content (AvgIpc) is 3.10. The third kappa shape index (κ3) is 1.96. The van der Waals surface area contributed by atoms with E-state index in [0.29, 0.717) is 6.04 Å². The van der Waals surface area contributed by atoms with Gasteiger partial charge in [-0.3, -0.25) is 0 Å². The highest BCUT2D eigenvalue weighted by Crippen LogP contribution is 2.52. The number of imidazole rings is 1. The maximum absolute atomic E-state index is 4.41. The summed E-state index contributed by atoms with van der Waals surface area (Å²) < 4.78 is 2.31. The molecule has 1 aromatic heterocycles. The Hall–Kier alpha value is -1.25. The lowest BCUT2D eigenvalue weighted by atomic mass is 9.84. The van der Waals surface area contributed by atoms with E-state index in [1.807, 2.05) is 12.3 Å². The van der Waals surface area contributed by atoms with Gasteiger partial charge >= 0.3 is 0 Å². The largest absolute Gasteiger partial charge is 0.352 e. The number of nitrogens with one attached hydrogen (secondary N) is 1. The molecule has 3 rings (SSSR count). The maximum atomic E-state index is 4.41. The first-order valence-electron chi connectivity index (χ1n) is 7.17. The molecule has 2 bridgehead atoms. The van der Waals surface area contributed by atoms with Crippen molar-refractivity contribution in [3.63, 3.8) is 0 Å². The van der Waals surface area contributed by atoms with Crippen molar-refractivity contribution in [2.24, 2.45) is 17.8 Å². The second-order valence-electron chi connectivity index (χ2n) is 5.91. The van der Waals surface area contributed by atoms with Crippen LogP contribution < -0.4 is 5.32 Å². The normalized spacial score (nSPS) is 31.5. The van der Waals surface area contributed by atoms with Crippen molar-refractivity contribution >= 4 is 5.95 Å². The van der Waals surface area contributed by atoms with Crippen LogP contribution in [0.4, 0.5) is 5.95 Å². The molecule has 2 fully saturated rings. The van der Waals surface area contributed by atoms with Crippen LogP contribution in [0.1, 0.15) is 38.6 Å². The summed E-state index contributed by atoms with van der Waals surface area (Å²) in [5.74, 6) is 3.81. The molecule has 2 saturated carbocycles. The van der Waals surface area contributed by atoms with E-state index in [4.69, 9.17) is 0 Å². The van der Waals surface area contributed by atoms with Gasteiger partial charge < -0.3 is 9.88 Å².